The van der Waals surface area contributed by atoms with Gasteiger partial charge in [-0.15, -0.1) is 0 Å². The number of hydrogen-bond acceptors (Lipinski definition) is 2. The number of carboxylic acid groups (broad SMARTS) is 1. The number of rotatable bonds is 2. The smallest absolute Gasteiger partial charge is 0.310 e. The van der Waals surface area contributed by atoms with E-state index in [0.717, 1.165) is 33.1 Å². The number of furan rings is 1. The van der Waals surface area contributed by atoms with Crippen molar-refractivity contribution in [2.24, 2.45) is 0 Å². The number of fused-ring (bicyclic) bond motifs is 3. The van der Waals surface area contributed by atoms with E-state index in [2.05, 4.69) is 6.07 Å². The molecule has 3 nitrogen and oxygen atoms in total. The minimum atomic E-state index is -0.816. The lowest BCUT2D eigenvalue weighted by atomic mass is 9.99. The average molecular weight is 254 g/mol. The molecule has 0 saturated carbocycles. The van der Waals surface area contributed by atoms with Gasteiger partial charge in [0.1, 0.15) is 11.2 Å². The summed E-state index contributed by atoms with van der Waals surface area (Å²) in [5, 5.41) is 11.1. The molecule has 0 bridgehead atoms. The van der Waals surface area contributed by atoms with E-state index in [1.54, 1.807) is 6.92 Å². The molecule has 1 heterocycles. The summed E-state index contributed by atoms with van der Waals surface area (Å²) in [5.41, 5.74) is 3.58. The van der Waals surface area contributed by atoms with Crippen molar-refractivity contribution < 1.29 is 14.3 Å². The van der Waals surface area contributed by atoms with E-state index < -0.39 is 11.9 Å². The molecule has 2 aromatic carbocycles. The zero-order chi connectivity index (χ0) is 13.6. The third kappa shape index (κ3) is 1.87. The molecule has 1 aromatic heterocycles. The van der Waals surface area contributed by atoms with Crippen molar-refractivity contribution in [2.45, 2.75) is 19.8 Å². The van der Waals surface area contributed by atoms with Gasteiger partial charge in [-0.25, -0.2) is 0 Å². The molecule has 0 fully saturated rings. The normalized spacial score (nSPS) is 12.9. The van der Waals surface area contributed by atoms with Crippen LogP contribution >= 0.6 is 0 Å². The summed E-state index contributed by atoms with van der Waals surface area (Å²) in [6.07, 6.45) is 0. The standard InChI is InChI=1S/C16H14O3/c1-9-3-5-14-12(7-9)13-8-11(10(2)16(17)18)4-6-15(13)19-14/h3-8,10H,1-2H3,(H,17,18). The largest absolute Gasteiger partial charge is 0.481 e. The monoisotopic (exact) mass is 254 g/mol. The van der Waals surface area contributed by atoms with Crippen LogP contribution in [0.4, 0.5) is 0 Å². The number of hydrogen-bond donors (Lipinski definition) is 1. The molecule has 1 N–H and O–H groups in total. The van der Waals surface area contributed by atoms with Crippen LogP contribution in [-0.4, -0.2) is 11.1 Å². The van der Waals surface area contributed by atoms with Gasteiger partial charge in [-0.05, 0) is 43.7 Å². The third-order valence-corrected chi connectivity index (χ3v) is 3.52. The van der Waals surface area contributed by atoms with Crippen molar-refractivity contribution in [1.82, 2.24) is 0 Å². The summed E-state index contributed by atoms with van der Waals surface area (Å²) < 4.78 is 5.76. The van der Waals surface area contributed by atoms with E-state index in [9.17, 15) is 4.79 Å². The molecule has 1 unspecified atom stereocenters. The molecule has 19 heavy (non-hydrogen) atoms. The second-order valence-corrected chi connectivity index (χ2v) is 4.92. The Kier molecular flexibility index (Phi) is 2.56. The Morgan fingerprint density at radius 3 is 2.42 bits per heavy atom. The second-order valence-electron chi connectivity index (χ2n) is 4.92. The summed E-state index contributed by atoms with van der Waals surface area (Å²) >= 11 is 0. The van der Waals surface area contributed by atoms with Gasteiger partial charge in [-0.3, -0.25) is 4.79 Å². The maximum atomic E-state index is 11.1. The van der Waals surface area contributed by atoms with Crippen LogP contribution < -0.4 is 0 Å². The summed E-state index contributed by atoms with van der Waals surface area (Å²) in [5.74, 6) is -1.33. The molecule has 0 radical (unpaired) electrons. The van der Waals surface area contributed by atoms with E-state index in [0.29, 0.717) is 0 Å². The van der Waals surface area contributed by atoms with Gasteiger partial charge in [-0.2, -0.15) is 0 Å². The Morgan fingerprint density at radius 1 is 1.11 bits per heavy atom. The van der Waals surface area contributed by atoms with Crippen LogP contribution in [0.3, 0.4) is 0 Å². The number of carbonyl (C=O) groups is 1. The minimum Gasteiger partial charge on any atom is -0.481 e. The topological polar surface area (TPSA) is 50.4 Å². The van der Waals surface area contributed by atoms with Crippen molar-refractivity contribution in [3.05, 3.63) is 47.5 Å². The van der Waals surface area contributed by atoms with Gasteiger partial charge < -0.3 is 9.52 Å². The molecular formula is C16H14O3. The Balaban J connectivity index is 2.28. The summed E-state index contributed by atoms with van der Waals surface area (Å²) in [7, 11) is 0. The zero-order valence-electron chi connectivity index (χ0n) is 10.8. The van der Waals surface area contributed by atoms with E-state index in [4.69, 9.17) is 9.52 Å². The molecule has 0 aliphatic carbocycles. The first kappa shape index (κ1) is 11.8. The lowest BCUT2D eigenvalue weighted by Gasteiger charge is -2.05. The first-order chi connectivity index (χ1) is 9.06. The van der Waals surface area contributed by atoms with Crippen molar-refractivity contribution >= 4 is 27.9 Å². The summed E-state index contributed by atoms with van der Waals surface area (Å²) in [6.45, 7) is 3.72. The molecule has 3 heteroatoms. The SMILES string of the molecule is Cc1ccc2oc3ccc(C(C)C(=O)O)cc3c2c1. The summed E-state index contributed by atoms with van der Waals surface area (Å²) in [4.78, 5) is 11.1. The van der Waals surface area contributed by atoms with Crippen LogP contribution in [0.1, 0.15) is 24.0 Å². The van der Waals surface area contributed by atoms with Gasteiger partial charge in [0.25, 0.3) is 0 Å². The summed E-state index contributed by atoms with van der Waals surface area (Å²) in [6, 6.07) is 11.6. The highest BCUT2D eigenvalue weighted by atomic mass is 16.4. The van der Waals surface area contributed by atoms with Crippen molar-refractivity contribution in [2.75, 3.05) is 0 Å². The first-order valence-electron chi connectivity index (χ1n) is 6.22. The van der Waals surface area contributed by atoms with E-state index in [1.807, 2.05) is 37.3 Å². The highest BCUT2D eigenvalue weighted by Crippen LogP contribution is 2.31. The molecular weight excluding hydrogens is 240 g/mol. The van der Waals surface area contributed by atoms with Crippen molar-refractivity contribution in [3.63, 3.8) is 0 Å². The number of aryl methyl sites for hydroxylation is 1. The van der Waals surface area contributed by atoms with Crippen molar-refractivity contribution in [3.8, 4) is 0 Å². The van der Waals surface area contributed by atoms with E-state index in [-0.39, 0.29) is 0 Å². The molecule has 3 aromatic rings. The number of aliphatic carboxylic acids is 1. The van der Waals surface area contributed by atoms with Gasteiger partial charge in [0.15, 0.2) is 0 Å². The minimum absolute atomic E-state index is 0.515. The molecule has 1 atom stereocenters. The average Bonchev–Trinajstić information content (AvgIpc) is 2.75. The van der Waals surface area contributed by atoms with E-state index in [1.165, 1.54) is 0 Å². The molecule has 3 rings (SSSR count). The van der Waals surface area contributed by atoms with Crippen LogP contribution in [0.25, 0.3) is 21.9 Å². The fourth-order valence-electron chi connectivity index (χ4n) is 2.32. The number of benzene rings is 2. The quantitative estimate of drug-likeness (QED) is 0.749. The van der Waals surface area contributed by atoms with Gasteiger partial charge in [0.2, 0.25) is 0 Å². The molecule has 96 valence electrons. The molecule has 0 aliphatic heterocycles. The van der Waals surface area contributed by atoms with E-state index >= 15 is 0 Å². The Hall–Kier alpha value is -2.29. The predicted molar refractivity (Wildman–Crippen MR) is 74.5 cm³/mol. The van der Waals surface area contributed by atoms with Gasteiger partial charge in [0, 0.05) is 10.8 Å². The maximum Gasteiger partial charge on any atom is 0.310 e. The van der Waals surface area contributed by atoms with Gasteiger partial charge in [-0.1, -0.05) is 17.7 Å². The predicted octanol–water partition coefficient (Wildman–Crippen LogP) is 4.08. The van der Waals surface area contributed by atoms with Crippen LogP contribution in [-0.2, 0) is 4.79 Å². The molecule has 0 saturated heterocycles. The van der Waals surface area contributed by atoms with Crippen molar-refractivity contribution in [1.29, 1.82) is 0 Å². The zero-order valence-corrected chi connectivity index (χ0v) is 10.8. The Bertz CT molecular complexity index is 783. The molecule has 0 spiro atoms. The Labute approximate surface area is 110 Å². The van der Waals surface area contributed by atoms with Crippen LogP contribution in [0.15, 0.2) is 40.8 Å². The Morgan fingerprint density at radius 2 is 1.74 bits per heavy atom. The van der Waals surface area contributed by atoms with Crippen LogP contribution in [0, 0.1) is 6.92 Å². The highest BCUT2D eigenvalue weighted by Gasteiger charge is 2.15. The fraction of sp³-hybridized carbons (Fsp3) is 0.188. The maximum absolute atomic E-state index is 11.1. The van der Waals surface area contributed by atoms with Gasteiger partial charge >= 0.3 is 5.97 Å². The lowest BCUT2D eigenvalue weighted by Crippen LogP contribution is -2.06. The molecule has 0 amide bonds. The highest BCUT2D eigenvalue weighted by molar-refractivity contribution is 6.05. The number of carboxylic acids is 1. The first-order valence-corrected chi connectivity index (χ1v) is 6.22. The third-order valence-electron chi connectivity index (χ3n) is 3.52. The lowest BCUT2D eigenvalue weighted by molar-refractivity contribution is -0.138. The fourth-order valence-corrected chi connectivity index (χ4v) is 2.32. The van der Waals surface area contributed by atoms with Gasteiger partial charge in [0.05, 0.1) is 5.92 Å². The van der Waals surface area contributed by atoms with Crippen LogP contribution in [0.5, 0.6) is 0 Å². The van der Waals surface area contributed by atoms with Crippen LogP contribution in [0.2, 0.25) is 0 Å². The second kappa shape index (κ2) is 4.12. The molecule has 0 aliphatic rings.